The van der Waals surface area contributed by atoms with Gasteiger partial charge in [-0.15, -0.1) is 0 Å². The van der Waals surface area contributed by atoms with Crippen LogP contribution in [0.1, 0.15) is 28.4 Å². The number of benzene rings is 3. The van der Waals surface area contributed by atoms with Crippen LogP contribution in [0.5, 0.6) is 11.5 Å². The van der Waals surface area contributed by atoms with E-state index in [2.05, 4.69) is 17.0 Å². The van der Waals surface area contributed by atoms with Gasteiger partial charge in [0, 0.05) is 6.54 Å². The highest BCUT2D eigenvalue weighted by Gasteiger charge is 2.16. The summed E-state index contributed by atoms with van der Waals surface area (Å²) in [6, 6.07) is 21.8. The number of sulfonamides is 1. The molecule has 0 aromatic heterocycles. The number of rotatable bonds is 8. The molecule has 0 heterocycles. The van der Waals surface area contributed by atoms with E-state index in [1.807, 2.05) is 54.6 Å². The van der Waals surface area contributed by atoms with Crippen molar-refractivity contribution in [3.63, 3.8) is 0 Å². The lowest BCUT2D eigenvalue weighted by Crippen LogP contribution is -2.24. The second-order valence-electron chi connectivity index (χ2n) is 6.85. The van der Waals surface area contributed by atoms with Gasteiger partial charge in [-0.25, -0.2) is 8.42 Å². The Balaban J connectivity index is 1.86. The molecule has 0 aliphatic heterocycles. The van der Waals surface area contributed by atoms with Crippen LogP contribution < -0.4 is 14.8 Å². The zero-order valence-electron chi connectivity index (χ0n) is 16.9. The predicted octanol–water partition coefficient (Wildman–Crippen LogP) is 4.34. The van der Waals surface area contributed by atoms with Gasteiger partial charge >= 0.3 is 0 Å². The van der Waals surface area contributed by atoms with E-state index in [0.717, 1.165) is 23.8 Å². The second-order valence-corrected chi connectivity index (χ2v) is 8.60. The monoisotopic (exact) mass is 424 g/mol. The first-order valence-corrected chi connectivity index (χ1v) is 11.4. The highest BCUT2D eigenvalue weighted by atomic mass is 32.2. The number of hydrogen-bond acceptors (Lipinski definition) is 4. The Hall–Kier alpha value is -3.32. The molecule has 2 N–H and O–H groups in total. The van der Waals surface area contributed by atoms with Crippen molar-refractivity contribution in [3.05, 3.63) is 89.5 Å². The smallest absolute Gasteiger partial charge is 0.253 e. The number of ether oxygens (including phenoxy) is 1. The fourth-order valence-corrected chi connectivity index (χ4v) is 3.48. The molecule has 3 aromatic rings. The normalized spacial score (nSPS) is 11.0. The number of hydrogen-bond donors (Lipinski definition) is 2. The summed E-state index contributed by atoms with van der Waals surface area (Å²) in [4.78, 5) is 12.8. The third-order valence-electron chi connectivity index (χ3n) is 4.37. The fourth-order valence-electron chi connectivity index (χ4n) is 2.90. The SMILES string of the molecule is CCc1cccc(Oc2ccc(NS(C)(=O)=O)c(C(=O)NCc3ccccc3)c2)c1. The minimum atomic E-state index is -3.55. The van der Waals surface area contributed by atoms with E-state index in [-0.39, 0.29) is 11.3 Å². The first-order chi connectivity index (χ1) is 14.3. The van der Waals surface area contributed by atoms with Crippen molar-refractivity contribution in [2.24, 2.45) is 0 Å². The maximum Gasteiger partial charge on any atom is 0.253 e. The Morgan fingerprint density at radius 1 is 0.900 bits per heavy atom. The highest BCUT2D eigenvalue weighted by Crippen LogP contribution is 2.28. The van der Waals surface area contributed by atoms with Crippen molar-refractivity contribution in [2.45, 2.75) is 19.9 Å². The van der Waals surface area contributed by atoms with Gasteiger partial charge in [0.05, 0.1) is 17.5 Å². The molecule has 0 aliphatic carbocycles. The molecule has 1 amide bonds. The van der Waals surface area contributed by atoms with Gasteiger partial charge < -0.3 is 10.1 Å². The molecule has 6 nitrogen and oxygen atoms in total. The van der Waals surface area contributed by atoms with Gasteiger partial charge in [-0.3, -0.25) is 9.52 Å². The Bertz CT molecular complexity index is 1130. The van der Waals surface area contributed by atoms with Crippen LogP contribution in [-0.2, 0) is 23.0 Å². The second kappa shape index (κ2) is 9.45. The summed E-state index contributed by atoms with van der Waals surface area (Å²) in [5.41, 5.74) is 2.44. The highest BCUT2D eigenvalue weighted by molar-refractivity contribution is 7.92. The van der Waals surface area contributed by atoms with Crippen LogP contribution in [0.2, 0.25) is 0 Å². The van der Waals surface area contributed by atoms with Crippen molar-refractivity contribution in [1.82, 2.24) is 5.32 Å². The average Bonchev–Trinajstić information content (AvgIpc) is 2.73. The summed E-state index contributed by atoms with van der Waals surface area (Å²) in [6.45, 7) is 2.38. The van der Waals surface area contributed by atoms with Gasteiger partial charge in [-0.2, -0.15) is 0 Å². The molecule has 3 rings (SSSR count). The maximum absolute atomic E-state index is 12.8. The van der Waals surface area contributed by atoms with E-state index in [4.69, 9.17) is 4.74 Å². The standard InChI is InChI=1S/C23H24N2O4S/c1-3-17-10-7-11-19(14-17)29-20-12-13-22(25-30(2,27)28)21(15-20)23(26)24-16-18-8-5-4-6-9-18/h4-15,25H,3,16H2,1-2H3,(H,24,26). The van der Waals surface area contributed by atoms with Crippen molar-refractivity contribution < 1.29 is 17.9 Å². The third-order valence-corrected chi connectivity index (χ3v) is 4.96. The average molecular weight is 425 g/mol. The Labute approximate surface area is 177 Å². The number of anilines is 1. The fraction of sp³-hybridized carbons (Fsp3) is 0.174. The number of carbonyl (C=O) groups is 1. The van der Waals surface area contributed by atoms with Crippen LogP contribution in [0.25, 0.3) is 0 Å². The van der Waals surface area contributed by atoms with Crippen LogP contribution >= 0.6 is 0 Å². The van der Waals surface area contributed by atoms with E-state index in [1.165, 1.54) is 12.1 Å². The van der Waals surface area contributed by atoms with Crippen molar-refractivity contribution in [3.8, 4) is 11.5 Å². The quantitative estimate of drug-likeness (QED) is 0.563. The van der Waals surface area contributed by atoms with Gasteiger partial charge in [-0.1, -0.05) is 49.4 Å². The lowest BCUT2D eigenvalue weighted by atomic mass is 10.1. The van der Waals surface area contributed by atoms with Crippen LogP contribution in [0.4, 0.5) is 5.69 Å². The summed E-state index contributed by atoms with van der Waals surface area (Å²) < 4.78 is 31.8. The van der Waals surface area contributed by atoms with E-state index in [9.17, 15) is 13.2 Å². The summed E-state index contributed by atoms with van der Waals surface area (Å²) in [5, 5.41) is 2.82. The number of aryl methyl sites for hydroxylation is 1. The molecule has 156 valence electrons. The molecule has 0 unspecified atom stereocenters. The molecular weight excluding hydrogens is 400 g/mol. The third kappa shape index (κ3) is 6.09. The van der Waals surface area contributed by atoms with E-state index >= 15 is 0 Å². The minimum Gasteiger partial charge on any atom is -0.457 e. The molecule has 0 bridgehead atoms. The number of nitrogens with one attached hydrogen (secondary N) is 2. The van der Waals surface area contributed by atoms with E-state index < -0.39 is 15.9 Å². The van der Waals surface area contributed by atoms with Crippen LogP contribution in [0.3, 0.4) is 0 Å². The summed E-state index contributed by atoms with van der Waals surface area (Å²) in [6.07, 6.45) is 1.92. The Morgan fingerprint density at radius 3 is 2.30 bits per heavy atom. The van der Waals surface area contributed by atoms with Crippen molar-refractivity contribution in [1.29, 1.82) is 0 Å². The van der Waals surface area contributed by atoms with Gasteiger partial charge in [0.2, 0.25) is 10.0 Å². The first kappa shape index (κ1) is 21.4. The Morgan fingerprint density at radius 2 is 1.60 bits per heavy atom. The molecule has 30 heavy (non-hydrogen) atoms. The lowest BCUT2D eigenvalue weighted by Gasteiger charge is -2.14. The van der Waals surface area contributed by atoms with Crippen LogP contribution in [-0.4, -0.2) is 20.6 Å². The maximum atomic E-state index is 12.8. The van der Waals surface area contributed by atoms with Gasteiger partial charge in [0.25, 0.3) is 5.91 Å². The predicted molar refractivity (Wildman–Crippen MR) is 118 cm³/mol. The lowest BCUT2D eigenvalue weighted by molar-refractivity contribution is 0.0951. The number of amides is 1. The molecule has 0 atom stereocenters. The molecule has 0 radical (unpaired) electrons. The first-order valence-electron chi connectivity index (χ1n) is 9.55. The molecule has 0 fully saturated rings. The molecule has 0 spiro atoms. The topological polar surface area (TPSA) is 84.5 Å². The zero-order valence-corrected chi connectivity index (χ0v) is 17.7. The molecule has 0 aliphatic rings. The van der Waals surface area contributed by atoms with Gasteiger partial charge in [-0.05, 0) is 47.9 Å². The molecule has 7 heteroatoms. The minimum absolute atomic E-state index is 0.181. The van der Waals surface area contributed by atoms with E-state index in [1.54, 1.807) is 6.07 Å². The van der Waals surface area contributed by atoms with Crippen molar-refractivity contribution >= 4 is 21.6 Å². The van der Waals surface area contributed by atoms with Gasteiger partial charge in [0.1, 0.15) is 11.5 Å². The zero-order chi connectivity index (χ0) is 21.6. The molecular formula is C23H24N2O4S. The largest absolute Gasteiger partial charge is 0.457 e. The molecule has 0 saturated carbocycles. The van der Waals surface area contributed by atoms with Crippen LogP contribution in [0, 0.1) is 0 Å². The summed E-state index contributed by atoms with van der Waals surface area (Å²) in [5.74, 6) is 0.679. The summed E-state index contributed by atoms with van der Waals surface area (Å²) in [7, 11) is -3.55. The molecule has 0 saturated heterocycles. The van der Waals surface area contributed by atoms with Gasteiger partial charge in [0.15, 0.2) is 0 Å². The molecule has 3 aromatic carbocycles. The van der Waals surface area contributed by atoms with E-state index in [0.29, 0.717) is 18.0 Å². The summed E-state index contributed by atoms with van der Waals surface area (Å²) >= 11 is 0. The number of carbonyl (C=O) groups excluding carboxylic acids is 1. The van der Waals surface area contributed by atoms with Crippen molar-refractivity contribution in [2.75, 3.05) is 11.0 Å². The Kier molecular flexibility index (Phi) is 6.74. The van der Waals surface area contributed by atoms with Crippen LogP contribution in [0.15, 0.2) is 72.8 Å².